The number of para-hydroxylation sites is 1. The van der Waals surface area contributed by atoms with E-state index in [-0.39, 0.29) is 11.9 Å². The van der Waals surface area contributed by atoms with Crippen molar-refractivity contribution in [2.45, 2.75) is 26.3 Å². The lowest BCUT2D eigenvalue weighted by molar-refractivity contribution is 0.0586. The average molecular weight is 462 g/mol. The van der Waals surface area contributed by atoms with E-state index in [1.807, 2.05) is 55.1 Å². The first-order chi connectivity index (χ1) is 16.4. The molecule has 0 aliphatic carbocycles. The van der Waals surface area contributed by atoms with Crippen LogP contribution in [0.5, 0.6) is 23.0 Å². The van der Waals surface area contributed by atoms with Gasteiger partial charge in [0.2, 0.25) is 0 Å². The molecule has 1 amide bonds. The Morgan fingerprint density at radius 2 is 1.53 bits per heavy atom. The number of rotatable bonds is 7. The quantitative estimate of drug-likeness (QED) is 0.487. The van der Waals surface area contributed by atoms with E-state index in [0.717, 1.165) is 28.0 Å². The van der Waals surface area contributed by atoms with Crippen molar-refractivity contribution in [3.8, 4) is 23.0 Å². The van der Waals surface area contributed by atoms with Crippen LogP contribution in [0, 0.1) is 13.8 Å². The zero-order valence-electron chi connectivity index (χ0n) is 20.4. The molecular formula is C28H31NO5. The molecule has 0 saturated heterocycles. The van der Waals surface area contributed by atoms with Crippen LogP contribution in [0.3, 0.4) is 0 Å². The minimum atomic E-state index is -0.304. The topological polar surface area (TPSA) is 57.2 Å². The molecule has 0 fully saturated rings. The Labute approximate surface area is 201 Å². The predicted octanol–water partition coefficient (Wildman–Crippen LogP) is 5.15. The number of ether oxygens (including phenoxy) is 4. The maximum Gasteiger partial charge on any atom is 0.258 e. The normalized spacial score (nSPS) is 14.9. The number of nitrogens with zero attached hydrogens (tertiary/aromatic N) is 1. The van der Waals surface area contributed by atoms with Crippen LogP contribution in [-0.2, 0) is 6.42 Å². The van der Waals surface area contributed by atoms with Gasteiger partial charge >= 0.3 is 0 Å². The molecule has 1 unspecified atom stereocenters. The van der Waals surface area contributed by atoms with Crippen LogP contribution in [0.1, 0.15) is 38.7 Å². The number of aryl methyl sites for hydroxylation is 2. The molecule has 1 heterocycles. The molecule has 0 N–H and O–H groups in total. The monoisotopic (exact) mass is 461 g/mol. The van der Waals surface area contributed by atoms with Gasteiger partial charge in [0.25, 0.3) is 5.91 Å². The van der Waals surface area contributed by atoms with Crippen molar-refractivity contribution in [3.63, 3.8) is 0 Å². The molecule has 1 atom stereocenters. The first kappa shape index (κ1) is 23.5. The second kappa shape index (κ2) is 10.1. The van der Waals surface area contributed by atoms with E-state index in [0.29, 0.717) is 42.4 Å². The van der Waals surface area contributed by atoms with Crippen molar-refractivity contribution in [1.29, 1.82) is 0 Å². The number of benzene rings is 3. The third kappa shape index (κ3) is 4.67. The van der Waals surface area contributed by atoms with Crippen molar-refractivity contribution < 1.29 is 23.7 Å². The lowest BCUT2D eigenvalue weighted by atomic mass is 9.91. The summed E-state index contributed by atoms with van der Waals surface area (Å²) in [7, 11) is 4.83. The van der Waals surface area contributed by atoms with E-state index in [9.17, 15) is 4.79 Å². The molecule has 34 heavy (non-hydrogen) atoms. The highest BCUT2D eigenvalue weighted by atomic mass is 16.5. The zero-order chi connectivity index (χ0) is 24.2. The van der Waals surface area contributed by atoms with Crippen molar-refractivity contribution in [2.24, 2.45) is 0 Å². The number of methoxy groups -OCH3 is 3. The highest BCUT2D eigenvalue weighted by Crippen LogP contribution is 2.39. The minimum absolute atomic E-state index is 0.0908. The van der Waals surface area contributed by atoms with Crippen LogP contribution in [-0.4, -0.2) is 45.3 Å². The number of carbonyl (C=O) groups excluding carboxylic acids is 1. The Morgan fingerprint density at radius 1 is 0.882 bits per heavy atom. The second-order valence-corrected chi connectivity index (χ2v) is 8.51. The zero-order valence-corrected chi connectivity index (χ0v) is 20.4. The molecule has 0 aromatic heterocycles. The molecule has 4 rings (SSSR count). The molecule has 0 spiro atoms. The molecule has 0 saturated carbocycles. The first-order valence-corrected chi connectivity index (χ1v) is 11.3. The van der Waals surface area contributed by atoms with Gasteiger partial charge in [-0.15, -0.1) is 0 Å². The van der Waals surface area contributed by atoms with Gasteiger partial charge in [0.05, 0.1) is 32.9 Å². The number of amides is 1. The van der Waals surface area contributed by atoms with Crippen LogP contribution in [0.4, 0.5) is 0 Å². The average Bonchev–Trinajstić information content (AvgIpc) is 2.85. The second-order valence-electron chi connectivity index (χ2n) is 8.51. The van der Waals surface area contributed by atoms with Crippen molar-refractivity contribution in [2.75, 3.05) is 34.5 Å². The largest absolute Gasteiger partial charge is 0.496 e. The van der Waals surface area contributed by atoms with Gasteiger partial charge in [0.15, 0.2) is 11.5 Å². The molecule has 0 radical (unpaired) electrons. The highest BCUT2D eigenvalue weighted by Gasteiger charge is 2.34. The fourth-order valence-corrected chi connectivity index (χ4v) is 4.62. The first-order valence-electron chi connectivity index (χ1n) is 11.3. The van der Waals surface area contributed by atoms with Crippen LogP contribution < -0.4 is 18.9 Å². The molecule has 1 aliphatic rings. The van der Waals surface area contributed by atoms with Gasteiger partial charge in [-0.3, -0.25) is 4.79 Å². The van der Waals surface area contributed by atoms with Gasteiger partial charge in [-0.2, -0.15) is 0 Å². The Hall–Kier alpha value is -3.67. The number of hydrogen-bond acceptors (Lipinski definition) is 5. The summed E-state index contributed by atoms with van der Waals surface area (Å²) in [6.45, 7) is 4.96. The Kier molecular flexibility index (Phi) is 6.96. The van der Waals surface area contributed by atoms with E-state index in [2.05, 4.69) is 6.07 Å². The number of hydrogen-bond donors (Lipinski definition) is 0. The van der Waals surface area contributed by atoms with Crippen LogP contribution in [0.15, 0.2) is 54.6 Å². The summed E-state index contributed by atoms with van der Waals surface area (Å²) in [5, 5.41) is 0. The van der Waals surface area contributed by atoms with E-state index >= 15 is 0 Å². The van der Waals surface area contributed by atoms with Gasteiger partial charge in [-0.05, 0) is 78.9 Å². The molecule has 1 aliphatic heterocycles. The van der Waals surface area contributed by atoms with E-state index < -0.39 is 0 Å². The van der Waals surface area contributed by atoms with E-state index in [1.165, 1.54) is 0 Å². The summed E-state index contributed by atoms with van der Waals surface area (Å²) < 4.78 is 22.8. The lowest BCUT2D eigenvalue weighted by Gasteiger charge is -2.38. The number of carbonyl (C=O) groups is 1. The molecule has 6 heteroatoms. The summed E-state index contributed by atoms with van der Waals surface area (Å²) >= 11 is 0. The SMILES string of the molecule is COc1cc2c(cc1OC)C(COc1cc(C)cc(C)c1)N(C(=O)c1ccccc1OC)CC2. The summed E-state index contributed by atoms with van der Waals surface area (Å²) in [5.41, 5.74) is 4.91. The van der Waals surface area contributed by atoms with Crippen molar-refractivity contribution in [1.82, 2.24) is 4.90 Å². The van der Waals surface area contributed by atoms with Gasteiger partial charge in [0, 0.05) is 6.54 Å². The van der Waals surface area contributed by atoms with Gasteiger partial charge in [-0.1, -0.05) is 18.2 Å². The van der Waals surface area contributed by atoms with Crippen LogP contribution in [0.2, 0.25) is 0 Å². The van der Waals surface area contributed by atoms with Gasteiger partial charge < -0.3 is 23.8 Å². The maximum absolute atomic E-state index is 13.7. The van der Waals surface area contributed by atoms with Gasteiger partial charge in [-0.25, -0.2) is 0 Å². The molecular weight excluding hydrogens is 430 g/mol. The lowest BCUT2D eigenvalue weighted by Crippen LogP contribution is -2.42. The highest BCUT2D eigenvalue weighted by molar-refractivity contribution is 5.97. The fourth-order valence-electron chi connectivity index (χ4n) is 4.62. The van der Waals surface area contributed by atoms with Crippen LogP contribution in [0.25, 0.3) is 0 Å². The fraction of sp³-hybridized carbons (Fsp3) is 0.321. The Morgan fingerprint density at radius 3 is 2.21 bits per heavy atom. The summed E-state index contributed by atoms with van der Waals surface area (Å²) in [4.78, 5) is 15.6. The minimum Gasteiger partial charge on any atom is -0.496 e. The third-order valence-corrected chi connectivity index (χ3v) is 6.20. The Bertz CT molecular complexity index is 1170. The van der Waals surface area contributed by atoms with Crippen LogP contribution >= 0.6 is 0 Å². The summed E-state index contributed by atoms with van der Waals surface area (Å²) in [5.74, 6) is 2.56. The molecule has 0 bridgehead atoms. The van der Waals surface area contributed by atoms with Gasteiger partial charge in [0.1, 0.15) is 18.1 Å². The predicted molar refractivity (Wildman–Crippen MR) is 131 cm³/mol. The van der Waals surface area contributed by atoms with Crippen molar-refractivity contribution >= 4 is 5.91 Å². The third-order valence-electron chi connectivity index (χ3n) is 6.20. The Balaban J connectivity index is 1.74. The molecule has 3 aromatic rings. The van der Waals surface area contributed by atoms with Crippen molar-refractivity contribution in [3.05, 3.63) is 82.4 Å². The maximum atomic E-state index is 13.7. The number of fused-ring (bicyclic) bond motifs is 1. The molecule has 3 aromatic carbocycles. The molecule has 6 nitrogen and oxygen atoms in total. The standard InChI is InChI=1S/C28H31NO5/c1-18-12-19(2)14-21(13-18)34-17-24-23-16-27(33-5)26(32-4)15-20(23)10-11-29(24)28(30)22-8-6-7-9-25(22)31-3/h6-9,12-16,24H,10-11,17H2,1-5H3. The summed E-state index contributed by atoms with van der Waals surface area (Å²) in [6.07, 6.45) is 0.705. The smallest absolute Gasteiger partial charge is 0.258 e. The molecule has 178 valence electrons. The summed E-state index contributed by atoms with van der Waals surface area (Å²) in [6, 6.07) is 17.1. The van der Waals surface area contributed by atoms with E-state index in [1.54, 1.807) is 33.5 Å². The van der Waals surface area contributed by atoms with E-state index in [4.69, 9.17) is 18.9 Å².